The molecule has 1 aliphatic rings. The summed E-state index contributed by atoms with van der Waals surface area (Å²) in [6, 6.07) is 0.477. The first-order valence-electron chi connectivity index (χ1n) is 5.22. The predicted octanol–water partition coefficient (Wildman–Crippen LogP) is -0.0585. The van der Waals surface area contributed by atoms with Crippen LogP contribution in [0, 0.1) is 0 Å². The molecule has 1 heterocycles. The Morgan fingerprint density at radius 2 is 2.29 bits per heavy atom. The first-order chi connectivity index (χ1) is 6.81. The summed E-state index contributed by atoms with van der Waals surface area (Å²) in [6.45, 7) is 3.92. The van der Waals surface area contributed by atoms with Crippen molar-refractivity contribution in [3.05, 3.63) is 0 Å². The molecule has 0 aliphatic carbocycles. The van der Waals surface area contributed by atoms with Crippen LogP contribution >= 0.6 is 0 Å². The Hall–Kier alpha value is -0.160. The second-order valence-electron chi connectivity index (χ2n) is 3.81. The third-order valence-electron chi connectivity index (χ3n) is 2.82. The van der Waals surface area contributed by atoms with Crippen LogP contribution in [0.3, 0.4) is 0 Å². The van der Waals surface area contributed by atoms with Gasteiger partial charge in [-0.05, 0) is 13.5 Å². The fourth-order valence-electron chi connectivity index (χ4n) is 2.00. The Labute approximate surface area is 86.6 Å². The van der Waals surface area contributed by atoms with Crippen molar-refractivity contribution in [3.63, 3.8) is 0 Å². The SMILES string of the molecule is CNCC(COC)N1CCC(OC)C1. The molecule has 1 rings (SSSR count). The molecule has 0 bridgehead atoms. The first kappa shape index (κ1) is 11.9. The molecule has 0 amide bonds. The molecular formula is C10H22N2O2. The molecule has 4 nitrogen and oxygen atoms in total. The van der Waals surface area contributed by atoms with E-state index in [4.69, 9.17) is 9.47 Å². The van der Waals surface area contributed by atoms with E-state index < -0.39 is 0 Å². The fourth-order valence-corrected chi connectivity index (χ4v) is 2.00. The Morgan fingerprint density at radius 1 is 1.50 bits per heavy atom. The Kier molecular flexibility index (Phi) is 5.40. The number of rotatable bonds is 6. The molecule has 2 atom stereocenters. The van der Waals surface area contributed by atoms with Gasteiger partial charge in [0.05, 0.1) is 12.7 Å². The lowest BCUT2D eigenvalue weighted by Gasteiger charge is -2.26. The summed E-state index contributed by atoms with van der Waals surface area (Å²) < 4.78 is 10.6. The molecule has 0 saturated carbocycles. The van der Waals surface area contributed by atoms with E-state index in [9.17, 15) is 0 Å². The Bertz CT molecular complexity index is 149. The van der Waals surface area contributed by atoms with E-state index in [0.29, 0.717) is 12.1 Å². The number of ether oxygens (including phenoxy) is 2. The molecule has 2 unspecified atom stereocenters. The minimum atomic E-state index is 0.409. The van der Waals surface area contributed by atoms with Crippen molar-refractivity contribution in [3.8, 4) is 0 Å². The predicted molar refractivity (Wildman–Crippen MR) is 56.6 cm³/mol. The van der Waals surface area contributed by atoms with E-state index in [2.05, 4.69) is 10.2 Å². The van der Waals surface area contributed by atoms with Crippen LogP contribution in [0.1, 0.15) is 6.42 Å². The standard InChI is InChI=1S/C10H22N2O2/c1-11-6-9(8-13-2)12-5-4-10(7-12)14-3/h9-11H,4-8H2,1-3H3. The average molecular weight is 202 g/mol. The summed E-state index contributed by atoms with van der Waals surface area (Å²) in [7, 11) is 5.52. The van der Waals surface area contributed by atoms with Crippen molar-refractivity contribution in [1.82, 2.24) is 10.2 Å². The maximum atomic E-state index is 5.34. The highest BCUT2D eigenvalue weighted by Crippen LogP contribution is 2.14. The summed E-state index contributed by atoms with van der Waals surface area (Å²) in [5, 5.41) is 3.20. The van der Waals surface area contributed by atoms with Crippen molar-refractivity contribution >= 4 is 0 Å². The van der Waals surface area contributed by atoms with Crippen LogP contribution < -0.4 is 5.32 Å². The van der Waals surface area contributed by atoms with Gasteiger partial charge in [-0.25, -0.2) is 0 Å². The van der Waals surface area contributed by atoms with E-state index >= 15 is 0 Å². The first-order valence-corrected chi connectivity index (χ1v) is 5.22. The number of likely N-dealkylation sites (N-methyl/N-ethyl adjacent to an activating group) is 1. The summed E-state index contributed by atoms with van der Waals surface area (Å²) >= 11 is 0. The van der Waals surface area contributed by atoms with Gasteiger partial charge in [-0.3, -0.25) is 4.90 Å². The molecule has 0 aromatic rings. The molecule has 1 saturated heterocycles. The van der Waals surface area contributed by atoms with Gasteiger partial charge in [-0.2, -0.15) is 0 Å². The summed E-state index contributed by atoms with van der Waals surface area (Å²) in [4.78, 5) is 2.44. The lowest BCUT2D eigenvalue weighted by atomic mass is 10.2. The summed E-state index contributed by atoms with van der Waals surface area (Å²) in [6.07, 6.45) is 1.55. The maximum absolute atomic E-state index is 5.34. The minimum absolute atomic E-state index is 0.409. The van der Waals surface area contributed by atoms with Gasteiger partial charge in [-0.1, -0.05) is 0 Å². The number of likely N-dealkylation sites (tertiary alicyclic amines) is 1. The van der Waals surface area contributed by atoms with Crippen LogP contribution in [0.15, 0.2) is 0 Å². The van der Waals surface area contributed by atoms with E-state index in [1.165, 1.54) is 0 Å². The smallest absolute Gasteiger partial charge is 0.0710 e. The molecule has 84 valence electrons. The normalized spacial score (nSPS) is 25.5. The van der Waals surface area contributed by atoms with E-state index in [1.54, 1.807) is 14.2 Å². The second-order valence-corrected chi connectivity index (χ2v) is 3.81. The van der Waals surface area contributed by atoms with Gasteiger partial charge in [-0.15, -0.1) is 0 Å². The zero-order valence-electron chi connectivity index (χ0n) is 9.45. The molecule has 4 heteroatoms. The van der Waals surface area contributed by atoms with Gasteiger partial charge in [0, 0.05) is 39.9 Å². The molecule has 0 aromatic heterocycles. The van der Waals surface area contributed by atoms with Gasteiger partial charge in [0.2, 0.25) is 0 Å². The van der Waals surface area contributed by atoms with Gasteiger partial charge >= 0.3 is 0 Å². The monoisotopic (exact) mass is 202 g/mol. The van der Waals surface area contributed by atoms with Crippen LogP contribution in [-0.4, -0.2) is 64.6 Å². The van der Waals surface area contributed by atoms with Crippen LogP contribution in [0.4, 0.5) is 0 Å². The molecule has 14 heavy (non-hydrogen) atoms. The highest BCUT2D eigenvalue weighted by atomic mass is 16.5. The highest BCUT2D eigenvalue weighted by molar-refractivity contribution is 4.82. The molecule has 0 aromatic carbocycles. The summed E-state index contributed by atoms with van der Waals surface area (Å²) in [5.74, 6) is 0. The second kappa shape index (κ2) is 6.35. The number of hydrogen-bond donors (Lipinski definition) is 1. The Morgan fingerprint density at radius 3 is 2.79 bits per heavy atom. The van der Waals surface area contributed by atoms with Crippen molar-refractivity contribution in [2.75, 3.05) is 47.5 Å². The van der Waals surface area contributed by atoms with Crippen LogP contribution in [0.25, 0.3) is 0 Å². The minimum Gasteiger partial charge on any atom is -0.383 e. The number of nitrogens with zero attached hydrogens (tertiary/aromatic N) is 1. The molecule has 0 spiro atoms. The molecular weight excluding hydrogens is 180 g/mol. The van der Waals surface area contributed by atoms with Gasteiger partial charge in [0.15, 0.2) is 0 Å². The third kappa shape index (κ3) is 3.20. The number of nitrogens with one attached hydrogen (secondary N) is 1. The van der Waals surface area contributed by atoms with E-state index in [1.807, 2.05) is 7.05 Å². The van der Waals surface area contributed by atoms with Crippen LogP contribution in [0.2, 0.25) is 0 Å². The van der Waals surface area contributed by atoms with Crippen molar-refractivity contribution in [2.45, 2.75) is 18.6 Å². The van der Waals surface area contributed by atoms with Gasteiger partial charge in [0.25, 0.3) is 0 Å². The average Bonchev–Trinajstić information content (AvgIpc) is 2.65. The van der Waals surface area contributed by atoms with Crippen LogP contribution in [0.5, 0.6) is 0 Å². The molecule has 1 fully saturated rings. The zero-order chi connectivity index (χ0) is 10.4. The molecule has 1 aliphatic heterocycles. The topological polar surface area (TPSA) is 33.7 Å². The van der Waals surface area contributed by atoms with Crippen LogP contribution in [-0.2, 0) is 9.47 Å². The largest absolute Gasteiger partial charge is 0.383 e. The quantitative estimate of drug-likeness (QED) is 0.654. The summed E-state index contributed by atoms with van der Waals surface area (Å²) in [5.41, 5.74) is 0. The molecule has 1 N–H and O–H groups in total. The van der Waals surface area contributed by atoms with Gasteiger partial charge < -0.3 is 14.8 Å². The lowest BCUT2D eigenvalue weighted by Crippen LogP contribution is -2.43. The highest BCUT2D eigenvalue weighted by Gasteiger charge is 2.27. The number of methoxy groups -OCH3 is 2. The van der Waals surface area contributed by atoms with E-state index in [0.717, 1.165) is 32.7 Å². The van der Waals surface area contributed by atoms with Crippen molar-refractivity contribution < 1.29 is 9.47 Å². The Balaban J connectivity index is 2.36. The lowest BCUT2D eigenvalue weighted by molar-refractivity contribution is 0.0762. The number of hydrogen-bond acceptors (Lipinski definition) is 4. The zero-order valence-corrected chi connectivity index (χ0v) is 9.45. The van der Waals surface area contributed by atoms with Gasteiger partial charge in [0.1, 0.15) is 0 Å². The third-order valence-corrected chi connectivity index (χ3v) is 2.82. The van der Waals surface area contributed by atoms with Crippen molar-refractivity contribution in [1.29, 1.82) is 0 Å². The maximum Gasteiger partial charge on any atom is 0.0710 e. The fraction of sp³-hybridized carbons (Fsp3) is 1.00. The van der Waals surface area contributed by atoms with Crippen molar-refractivity contribution in [2.24, 2.45) is 0 Å². The molecule has 0 radical (unpaired) electrons. The van der Waals surface area contributed by atoms with E-state index in [-0.39, 0.29) is 0 Å².